The van der Waals surface area contributed by atoms with Gasteiger partial charge in [-0.05, 0) is 46.3 Å². The average molecular weight is 283 g/mol. The van der Waals surface area contributed by atoms with Crippen molar-refractivity contribution in [2.45, 2.75) is 26.2 Å². The summed E-state index contributed by atoms with van der Waals surface area (Å²) in [4.78, 5) is 15.9. The Kier molecular flexibility index (Phi) is 3.28. The van der Waals surface area contributed by atoms with Gasteiger partial charge in [0.05, 0.1) is 0 Å². The second-order valence-corrected chi connectivity index (χ2v) is 5.54. The lowest BCUT2D eigenvalue weighted by atomic mass is 9.70. The predicted octanol–water partition coefficient (Wildman–Crippen LogP) is 2.76. The van der Waals surface area contributed by atoms with Gasteiger partial charge in [0.2, 0.25) is 0 Å². The molecule has 1 amide bonds. The molecule has 4 heteroatoms. The summed E-state index contributed by atoms with van der Waals surface area (Å²) < 4.78 is 0.742. The third-order valence-corrected chi connectivity index (χ3v) is 3.85. The molecule has 1 aliphatic rings. The highest BCUT2D eigenvalue weighted by Crippen LogP contribution is 2.39. The van der Waals surface area contributed by atoms with E-state index < -0.39 is 0 Å². The van der Waals surface area contributed by atoms with Crippen molar-refractivity contribution in [3.05, 3.63) is 28.5 Å². The number of halogens is 1. The number of hydrogen-bond acceptors (Lipinski definition) is 2. The van der Waals surface area contributed by atoms with Gasteiger partial charge in [-0.25, -0.2) is 4.98 Å². The molecule has 1 aromatic heterocycles. The Bertz CT molecular complexity index is 402. The fourth-order valence-corrected chi connectivity index (χ4v) is 2.32. The van der Waals surface area contributed by atoms with E-state index in [2.05, 4.69) is 33.2 Å². The number of nitrogens with one attached hydrogen (secondary N) is 1. The molecule has 86 valence electrons. The van der Waals surface area contributed by atoms with Gasteiger partial charge in [0.15, 0.2) is 0 Å². The maximum atomic E-state index is 11.8. The van der Waals surface area contributed by atoms with Crippen LogP contribution in [0.3, 0.4) is 0 Å². The van der Waals surface area contributed by atoms with Crippen LogP contribution in [-0.4, -0.2) is 17.4 Å². The molecular weight excluding hydrogens is 268 g/mol. The first-order chi connectivity index (χ1) is 7.61. The number of carbonyl (C=O) groups is 1. The molecule has 0 aliphatic heterocycles. The molecule has 1 fully saturated rings. The van der Waals surface area contributed by atoms with Crippen molar-refractivity contribution in [2.24, 2.45) is 5.41 Å². The standard InChI is InChI=1S/C12H15BrN2O/c1-12(5-3-6-12)8-15-11(16)10-9(13)4-2-7-14-10/h2,4,7H,3,5-6,8H2,1H3,(H,15,16). The predicted molar refractivity (Wildman–Crippen MR) is 66.2 cm³/mol. The first kappa shape index (κ1) is 11.6. The highest BCUT2D eigenvalue weighted by atomic mass is 79.9. The summed E-state index contributed by atoms with van der Waals surface area (Å²) in [7, 11) is 0. The Balaban J connectivity index is 1.96. The zero-order valence-electron chi connectivity index (χ0n) is 9.29. The van der Waals surface area contributed by atoms with E-state index in [-0.39, 0.29) is 5.91 Å². The molecule has 1 heterocycles. The normalized spacial score (nSPS) is 17.6. The molecule has 0 aromatic carbocycles. The number of nitrogens with zero attached hydrogens (tertiary/aromatic N) is 1. The van der Waals surface area contributed by atoms with Crippen LogP contribution in [0.25, 0.3) is 0 Å². The number of pyridine rings is 1. The van der Waals surface area contributed by atoms with Crippen LogP contribution in [-0.2, 0) is 0 Å². The van der Waals surface area contributed by atoms with E-state index in [1.165, 1.54) is 19.3 Å². The second kappa shape index (κ2) is 4.53. The summed E-state index contributed by atoms with van der Waals surface area (Å²) in [6, 6.07) is 3.63. The third-order valence-electron chi connectivity index (χ3n) is 3.21. The zero-order valence-corrected chi connectivity index (χ0v) is 10.9. The maximum Gasteiger partial charge on any atom is 0.271 e. The average Bonchev–Trinajstić information content (AvgIpc) is 2.24. The summed E-state index contributed by atoms with van der Waals surface area (Å²) >= 11 is 3.33. The molecule has 3 nitrogen and oxygen atoms in total. The molecule has 0 unspecified atom stereocenters. The Morgan fingerprint density at radius 1 is 1.62 bits per heavy atom. The monoisotopic (exact) mass is 282 g/mol. The maximum absolute atomic E-state index is 11.8. The van der Waals surface area contributed by atoms with E-state index in [1.54, 1.807) is 12.3 Å². The minimum absolute atomic E-state index is 0.0967. The van der Waals surface area contributed by atoms with E-state index in [4.69, 9.17) is 0 Å². The Morgan fingerprint density at radius 3 is 2.94 bits per heavy atom. The Labute approximate surface area is 104 Å². The lowest BCUT2D eigenvalue weighted by Gasteiger charge is -2.38. The molecule has 0 bridgehead atoms. The van der Waals surface area contributed by atoms with Gasteiger partial charge in [-0.15, -0.1) is 0 Å². The van der Waals surface area contributed by atoms with E-state index in [1.807, 2.05) is 6.07 Å². The first-order valence-electron chi connectivity index (χ1n) is 5.49. The van der Waals surface area contributed by atoms with Crippen LogP contribution in [0.2, 0.25) is 0 Å². The van der Waals surface area contributed by atoms with Gasteiger partial charge in [-0.3, -0.25) is 4.79 Å². The molecular formula is C12H15BrN2O. The largest absolute Gasteiger partial charge is 0.350 e. The number of amides is 1. The SMILES string of the molecule is CC1(CNC(=O)c2ncccc2Br)CCC1. The summed E-state index contributed by atoms with van der Waals surface area (Å²) in [6.07, 6.45) is 5.32. The smallest absolute Gasteiger partial charge is 0.271 e. The van der Waals surface area contributed by atoms with Crippen molar-refractivity contribution in [1.29, 1.82) is 0 Å². The molecule has 1 aromatic rings. The van der Waals surface area contributed by atoms with Gasteiger partial charge >= 0.3 is 0 Å². The summed E-state index contributed by atoms with van der Waals surface area (Å²) in [5, 5.41) is 2.95. The fraction of sp³-hybridized carbons (Fsp3) is 0.500. The van der Waals surface area contributed by atoms with Crippen LogP contribution < -0.4 is 5.32 Å². The van der Waals surface area contributed by atoms with Gasteiger partial charge in [-0.2, -0.15) is 0 Å². The van der Waals surface area contributed by atoms with Gasteiger partial charge in [0.25, 0.3) is 5.91 Å². The Hall–Kier alpha value is -0.900. The minimum atomic E-state index is -0.0967. The molecule has 2 rings (SSSR count). The van der Waals surface area contributed by atoms with Gasteiger partial charge in [0.1, 0.15) is 5.69 Å². The first-order valence-corrected chi connectivity index (χ1v) is 6.29. The highest BCUT2D eigenvalue weighted by molar-refractivity contribution is 9.10. The van der Waals surface area contributed by atoms with Crippen LogP contribution >= 0.6 is 15.9 Å². The number of rotatable bonds is 3. The summed E-state index contributed by atoms with van der Waals surface area (Å²) in [6.45, 7) is 2.96. The zero-order chi connectivity index (χ0) is 11.6. The Morgan fingerprint density at radius 2 is 2.38 bits per heavy atom. The number of carbonyl (C=O) groups excluding carboxylic acids is 1. The summed E-state index contributed by atoms with van der Waals surface area (Å²) in [5.74, 6) is -0.0967. The molecule has 1 N–H and O–H groups in total. The lowest BCUT2D eigenvalue weighted by Crippen LogP contribution is -2.40. The fourth-order valence-electron chi connectivity index (χ4n) is 1.89. The third kappa shape index (κ3) is 2.43. The van der Waals surface area contributed by atoms with Crippen LogP contribution in [0.4, 0.5) is 0 Å². The van der Waals surface area contributed by atoms with E-state index >= 15 is 0 Å². The molecule has 0 saturated heterocycles. The molecule has 0 radical (unpaired) electrons. The van der Waals surface area contributed by atoms with Crippen molar-refractivity contribution in [2.75, 3.05) is 6.54 Å². The molecule has 0 atom stereocenters. The van der Waals surface area contributed by atoms with Gasteiger partial charge in [-0.1, -0.05) is 13.3 Å². The van der Waals surface area contributed by atoms with Crippen molar-refractivity contribution in [3.8, 4) is 0 Å². The summed E-state index contributed by atoms with van der Waals surface area (Å²) in [5.41, 5.74) is 0.766. The van der Waals surface area contributed by atoms with Gasteiger partial charge in [0, 0.05) is 17.2 Å². The van der Waals surface area contributed by atoms with Crippen molar-refractivity contribution in [1.82, 2.24) is 10.3 Å². The van der Waals surface area contributed by atoms with Crippen molar-refractivity contribution < 1.29 is 4.79 Å². The van der Waals surface area contributed by atoms with Crippen LogP contribution in [0, 0.1) is 5.41 Å². The van der Waals surface area contributed by atoms with Crippen LogP contribution in [0.15, 0.2) is 22.8 Å². The molecule has 0 spiro atoms. The van der Waals surface area contributed by atoms with Crippen molar-refractivity contribution in [3.63, 3.8) is 0 Å². The molecule has 16 heavy (non-hydrogen) atoms. The van der Waals surface area contributed by atoms with E-state index in [0.29, 0.717) is 11.1 Å². The highest BCUT2D eigenvalue weighted by Gasteiger charge is 2.32. The second-order valence-electron chi connectivity index (χ2n) is 4.68. The quantitative estimate of drug-likeness (QED) is 0.926. The molecule has 1 aliphatic carbocycles. The lowest BCUT2D eigenvalue weighted by molar-refractivity contribution is 0.0885. The van der Waals surface area contributed by atoms with Crippen LogP contribution in [0.1, 0.15) is 36.7 Å². The van der Waals surface area contributed by atoms with E-state index in [0.717, 1.165) is 11.0 Å². The number of aromatic nitrogens is 1. The number of hydrogen-bond donors (Lipinski definition) is 1. The molecule has 1 saturated carbocycles. The van der Waals surface area contributed by atoms with E-state index in [9.17, 15) is 4.79 Å². The van der Waals surface area contributed by atoms with Gasteiger partial charge < -0.3 is 5.32 Å². The van der Waals surface area contributed by atoms with Crippen molar-refractivity contribution >= 4 is 21.8 Å². The topological polar surface area (TPSA) is 42.0 Å². The minimum Gasteiger partial charge on any atom is -0.350 e. The van der Waals surface area contributed by atoms with Crippen LogP contribution in [0.5, 0.6) is 0 Å².